The third kappa shape index (κ3) is 3.28. The summed E-state index contributed by atoms with van der Waals surface area (Å²) in [5.41, 5.74) is 0.949. The summed E-state index contributed by atoms with van der Waals surface area (Å²) < 4.78 is 7.49. The lowest BCUT2D eigenvalue weighted by Crippen LogP contribution is -2.24. The molecule has 2 rings (SSSR count). The van der Waals surface area contributed by atoms with E-state index in [1.54, 1.807) is 0 Å². The van der Waals surface area contributed by atoms with Crippen molar-refractivity contribution in [3.8, 4) is 0 Å². The topological polar surface area (TPSA) is 60.2 Å². The molecule has 2 heterocycles. The normalized spacial score (nSPS) is 21.2. The molecule has 1 aliphatic heterocycles. The lowest BCUT2D eigenvalue weighted by Gasteiger charge is -2.21. The molecule has 1 atom stereocenters. The Morgan fingerprint density at radius 2 is 2.44 bits per heavy atom. The van der Waals surface area contributed by atoms with E-state index in [1.807, 2.05) is 10.9 Å². The number of aromatic nitrogens is 3. The van der Waals surface area contributed by atoms with Crippen LogP contribution in [0.5, 0.6) is 0 Å². The van der Waals surface area contributed by atoms with Gasteiger partial charge in [0.05, 0.1) is 18.3 Å². The number of ether oxygens (including phenoxy) is 1. The molecule has 90 valence electrons. The minimum Gasteiger partial charge on any atom is -0.396 e. The van der Waals surface area contributed by atoms with Gasteiger partial charge in [0.15, 0.2) is 0 Å². The number of aliphatic hydroxyl groups excluding tert-OH is 1. The molecule has 0 spiro atoms. The molecule has 5 heteroatoms. The minimum atomic E-state index is 0.207. The summed E-state index contributed by atoms with van der Waals surface area (Å²) in [6.07, 6.45) is 7.33. The summed E-state index contributed by atoms with van der Waals surface area (Å²) in [5, 5.41) is 16.9. The van der Waals surface area contributed by atoms with Crippen molar-refractivity contribution in [3.05, 3.63) is 11.9 Å². The van der Waals surface area contributed by atoms with Crippen LogP contribution in [-0.2, 0) is 17.7 Å². The molecule has 1 aromatic heterocycles. The van der Waals surface area contributed by atoms with Gasteiger partial charge in [-0.1, -0.05) is 5.21 Å². The average molecular weight is 225 g/mol. The molecule has 1 aliphatic rings. The van der Waals surface area contributed by atoms with E-state index >= 15 is 0 Å². The fourth-order valence-electron chi connectivity index (χ4n) is 1.96. The largest absolute Gasteiger partial charge is 0.396 e. The van der Waals surface area contributed by atoms with E-state index in [0.717, 1.165) is 38.1 Å². The quantitative estimate of drug-likeness (QED) is 0.804. The molecular formula is C11H19N3O2. The Bertz CT molecular complexity index is 308. The number of aryl methyl sites for hydroxylation is 1. The van der Waals surface area contributed by atoms with Crippen molar-refractivity contribution in [3.63, 3.8) is 0 Å². The lowest BCUT2D eigenvalue weighted by molar-refractivity contribution is 0.00370. The Labute approximate surface area is 95.4 Å². The second kappa shape index (κ2) is 5.96. The molecular weight excluding hydrogens is 206 g/mol. The molecule has 1 saturated heterocycles. The molecule has 1 N–H and O–H groups in total. The van der Waals surface area contributed by atoms with Gasteiger partial charge in [0.2, 0.25) is 0 Å². The van der Waals surface area contributed by atoms with Crippen LogP contribution in [-0.4, -0.2) is 39.4 Å². The van der Waals surface area contributed by atoms with Gasteiger partial charge in [0, 0.05) is 19.4 Å². The van der Waals surface area contributed by atoms with Gasteiger partial charge in [-0.2, -0.15) is 0 Å². The summed E-state index contributed by atoms with van der Waals surface area (Å²) in [4.78, 5) is 0. The molecule has 0 saturated carbocycles. The Morgan fingerprint density at radius 3 is 3.19 bits per heavy atom. The van der Waals surface area contributed by atoms with Crippen molar-refractivity contribution in [2.75, 3.05) is 13.2 Å². The lowest BCUT2D eigenvalue weighted by atomic mass is 10.1. The van der Waals surface area contributed by atoms with Crippen molar-refractivity contribution in [2.45, 2.75) is 44.8 Å². The summed E-state index contributed by atoms with van der Waals surface area (Å²) in [5.74, 6) is 0. The molecule has 0 radical (unpaired) electrons. The van der Waals surface area contributed by atoms with Gasteiger partial charge in [-0.15, -0.1) is 5.10 Å². The first-order valence-corrected chi connectivity index (χ1v) is 6.00. The second-order valence-corrected chi connectivity index (χ2v) is 4.25. The van der Waals surface area contributed by atoms with Crippen LogP contribution in [0.4, 0.5) is 0 Å². The van der Waals surface area contributed by atoms with E-state index in [1.165, 1.54) is 12.8 Å². The van der Waals surface area contributed by atoms with Crippen LogP contribution in [0.2, 0.25) is 0 Å². The van der Waals surface area contributed by atoms with Crippen LogP contribution < -0.4 is 0 Å². The summed E-state index contributed by atoms with van der Waals surface area (Å²) >= 11 is 0. The monoisotopic (exact) mass is 225 g/mol. The molecule has 0 amide bonds. The minimum absolute atomic E-state index is 0.207. The Balaban J connectivity index is 1.81. The SMILES string of the molecule is OCCCc1cn(CC2CCCCO2)nn1. The number of hydrogen-bond donors (Lipinski definition) is 1. The number of rotatable bonds is 5. The van der Waals surface area contributed by atoms with E-state index < -0.39 is 0 Å². The highest BCUT2D eigenvalue weighted by molar-refractivity contribution is 4.92. The first kappa shape index (κ1) is 11.5. The van der Waals surface area contributed by atoms with Crippen LogP contribution in [0.15, 0.2) is 6.20 Å². The van der Waals surface area contributed by atoms with E-state index in [9.17, 15) is 0 Å². The van der Waals surface area contributed by atoms with Gasteiger partial charge >= 0.3 is 0 Å². The zero-order valence-electron chi connectivity index (χ0n) is 9.51. The van der Waals surface area contributed by atoms with Crippen LogP contribution in [0.25, 0.3) is 0 Å². The fourth-order valence-corrected chi connectivity index (χ4v) is 1.96. The number of aliphatic hydroxyl groups is 1. The molecule has 1 aromatic rings. The van der Waals surface area contributed by atoms with E-state index in [2.05, 4.69) is 10.3 Å². The van der Waals surface area contributed by atoms with Gasteiger partial charge in [-0.05, 0) is 32.1 Å². The highest BCUT2D eigenvalue weighted by atomic mass is 16.5. The van der Waals surface area contributed by atoms with Gasteiger partial charge in [-0.25, -0.2) is 4.68 Å². The smallest absolute Gasteiger partial charge is 0.0828 e. The highest BCUT2D eigenvalue weighted by Crippen LogP contribution is 2.14. The third-order valence-electron chi connectivity index (χ3n) is 2.84. The Hall–Kier alpha value is -0.940. The van der Waals surface area contributed by atoms with Crippen molar-refractivity contribution in [1.82, 2.24) is 15.0 Å². The van der Waals surface area contributed by atoms with Gasteiger partial charge < -0.3 is 9.84 Å². The van der Waals surface area contributed by atoms with Crippen LogP contribution in [0, 0.1) is 0 Å². The maximum atomic E-state index is 8.72. The predicted molar refractivity (Wildman–Crippen MR) is 59.0 cm³/mol. The zero-order chi connectivity index (χ0) is 11.2. The molecule has 16 heavy (non-hydrogen) atoms. The van der Waals surface area contributed by atoms with Crippen molar-refractivity contribution < 1.29 is 9.84 Å². The van der Waals surface area contributed by atoms with Gasteiger partial charge in [0.1, 0.15) is 0 Å². The zero-order valence-corrected chi connectivity index (χ0v) is 9.51. The molecule has 0 aliphatic carbocycles. The Kier molecular flexibility index (Phi) is 4.30. The van der Waals surface area contributed by atoms with Gasteiger partial charge in [-0.3, -0.25) is 0 Å². The van der Waals surface area contributed by atoms with E-state index in [4.69, 9.17) is 9.84 Å². The first-order chi connectivity index (χ1) is 7.88. The predicted octanol–water partition coefficient (Wildman–Crippen LogP) is 0.772. The number of hydrogen-bond acceptors (Lipinski definition) is 4. The Morgan fingerprint density at radius 1 is 1.50 bits per heavy atom. The van der Waals surface area contributed by atoms with Crippen LogP contribution >= 0.6 is 0 Å². The second-order valence-electron chi connectivity index (χ2n) is 4.25. The maximum absolute atomic E-state index is 8.72. The molecule has 5 nitrogen and oxygen atoms in total. The maximum Gasteiger partial charge on any atom is 0.0828 e. The summed E-state index contributed by atoms with van der Waals surface area (Å²) in [6, 6.07) is 0. The van der Waals surface area contributed by atoms with Crippen molar-refractivity contribution >= 4 is 0 Å². The summed E-state index contributed by atoms with van der Waals surface area (Å²) in [6.45, 7) is 1.88. The summed E-state index contributed by atoms with van der Waals surface area (Å²) in [7, 11) is 0. The van der Waals surface area contributed by atoms with E-state index in [0.29, 0.717) is 6.10 Å². The van der Waals surface area contributed by atoms with Crippen LogP contribution in [0.1, 0.15) is 31.4 Å². The first-order valence-electron chi connectivity index (χ1n) is 6.00. The third-order valence-corrected chi connectivity index (χ3v) is 2.84. The fraction of sp³-hybridized carbons (Fsp3) is 0.818. The number of nitrogens with zero attached hydrogens (tertiary/aromatic N) is 3. The highest BCUT2D eigenvalue weighted by Gasteiger charge is 2.15. The van der Waals surface area contributed by atoms with E-state index in [-0.39, 0.29) is 6.61 Å². The molecule has 1 unspecified atom stereocenters. The van der Waals surface area contributed by atoms with Crippen molar-refractivity contribution in [2.24, 2.45) is 0 Å². The molecule has 1 fully saturated rings. The molecule has 0 bridgehead atoms. The van der Waals surface area contributed by atoms with Gasteiger partial charge in [0.25, 0.3) is 0 Å². The molecule has 0 aromatic carbocycles. The average Bonchev–Trinajstić information content (AvgIpc) is 2.75. The standard InChI is InChI=1S/C11H19N3O2/c15-6-3-4-10-8-14(13-12-10)9-11-5-1-2-7-16-11/h8,11,15H,1-7,9H2. The van der Waals surface area contributed by atoms with Crippen molar-refractivity contribution in [1.29, 1.82) is 0 Å². The van der Waals surface area contributed by atoms with Crippen LogP contribution in [0.3, 0.4) is 0 Å².